The molecule has 0 saturated heterocycles. The Hall–Kier alpha value is -1.22. The fourth-order valence-corrected chi connectivity index (χ4v) is 2.05. The van der Waals surface area contributed by atoms with Crippen LogP contribution in [0.1, 0.15) is 18.4 Å². The van der Waals surface area contributed by atoms with E-state index in [1.807, 2.05) is 24.3 Å². The van der Waals surface area contributed by atoms with Gasteiger partial charge in [-0.15, -0.1) is 0 Å². The van der Waals surface area contributed by atoms with Crippen molar-refractivity contribution in [2.45, 2.75) is 18.3 Å². The van der Waals surface area contributed by atoms with Crippen LogP contribution in [0, 0.1) is 0 Å². The Bertz CT molecular complexity index is 385. The molecule has 1 aromatic carbocycles. The van der Waals surface area contributed by atoms with Gasteiger partial charge >= 0.3 is 0 Å². The van der Waals surface area contributed by atoms with E-state index in [1.165, 1.54) is 0 Å². The fraction of sp³-hybridized carbons (Fsp3) is 0.300. The molecule has 0 heterocycles. The zero-order valence-corrected chi connectivity index (χ0v) is 8.33. The molecule has 0 radical (unpaired) electrons. The number of oxime groups is 1. The largest absolute Gasteiger partial charge is 0.409 e. The second-order valence-corrected chi connectivity index (χ2v) is 3.95. The molecule has 0 atom stereocenters. The Kier molecular flexibility index (Phi) is 2.11. The van der Waals surface area contributed by atoms with Gasteiger partial charge in [0.15, 0.2) is 0 Å². The van der Waals surface area contributed by atoms with Crippen LogP contribution in [0.15, 0.2) is 29.4 Å². The van der Waals surface area contributed by atoms with Crippen molar-refractivity contribution in [3.8, 4) is 0 Å². The summed E-state index contributed by atoms with van der Waals surface area (Å²) in [4.78, 5) is 0. The molecule has 3 N–H and O–H groups in total. The minimum atomic E-state index is -0.312. The molecule has 1 aliphatic carbocycles. The van der Waals surface area contributed by atoms with E-state index in [-0.39, 0.29) is 11.3 Å². The minimum Gasteiger partial charge on any atom is -0.409 e. The molecule has 1 saturated carbocycles. The molecule has 1 aliphatic rings. The molecule has 74 valence electrons. The quantitative estimate of drug-likeness (QED) is 0.340. The van der Waals surface area contributed by atoms with Gasteiger partial charge in [-0.1, -0.05) is 35.0 Å². The molecule has 2 rings (SSSR count). The van der Waals surface area contributed by atoms with Crippen LogP contribution >= 0.6 is 11.6 Å². The topological polar surface area (TPSA) is 58.6 Å². The number of amidine groups is 1. The summed E-state index contributed by atoms with van der Waals surface area (Å²) in [5.41, 5.74) is 6.30. The van der Waals surface area contributed by atoms with Crippen molar-refractivity contribution in [3.05, 3.63) is 34.9 Å². The van der Waals surface area contributed by atoms with Crippen molar-refractivity contribution in [3.63, 3.8) is 0 Å². The molecule has 14 heavy (non-hydrogen) atoms. The van der Waals surface area contributed by atoms with Gasteiger partial charge in [-0.2, -0.15) is 0 Å². The van der Waals surface area contributed by atoms with E-state index in [2.05, 4.69) is 5.16 Å². The van der Waals surface area contributed by atoms with Gasteiger partial charge in [0.2, 0.25) is 0 Å². The van der Waals surface area contributed by atoms with Gasteiger partial charge < -0.3 is 10.9 Å². The van der Waals surface area contributed by atoms with E-state index in [0.29, 0.717) is 5.02 Å². The van der Waals surface area contributed by atoms with E-state index in [0.717, 1.165) is 18.4 Å². The lowest BCUT2D eigenvalue weighted by Gasteiger charge is -2.14. The lowest BCUT2D eigenvalue weighted by molar-refractivity contribution is 0.315. The highest BCUT2D eigenvalue weighted by Crippen LogP contribution is 2.50. The smallest absolute Gasteiger partial charge is 0.149 e. The lowest BCUT2D eigenvalue weighted by atomic mass is 9.95. The van der Waals surface area contributed by atoms with Crippen molar-refractivity contribution >= 4 is 17.4 Å². The molecule has 0 aromatic heterocycles. The van der Waals surface area contributed by atoms with Crippen LogP contribution in [0.25, 0.3) is 0 Å². The normalized spacial score (nSPS) is 19.4. The van der Waals surface area contributed by atoms with Crippen LogP contribution in [0.5, 0.6) is 0 Å². The monoisotopic (exact) mass is 210 g/mol. The molecule has 0 bridgehead atoms. The highest BCUT2D eigenvalue weighted by atomic mass is 35.5. The first-order valence-corrected chi connectivity index (χ1v) is 4.81. The Morgan fingerprint density at radius 3 is 2.57 bits per heavy atom. The molecule has 0 spiro atoms. The summed E-state index contributed by atoms with van der Waals surface area (Å²) in [6, 6.07) is 7.52. The van der Waals surface area contributed by atoms with Gasteiger partial charge in [-0.05, 0) is 24.5 Å². The molecule has 1 aromatic rings. The standard InChI is InChI=1S/C10H11ClN2O/c11-8-4-2-1-3-7(8)10(5-6-10)9(12)13-14/h1-4,14H,5-6H2,(H2,12,13). The van der Waals surface area contributed by atoms with E-state index in [1.54, 1.807) is 0 Å². The molecule has 3 nitrogen and oxygen atoms in total. The maximum atomic E-state index is 8.68. The third-order valence-corrected chi connectivity index (χ3v) is 3.07. The maximum Gasteiger partial charge on any atom is 0.149 e. The predicted molar refractivity (Wildman–Crippen MR) is 55.8 cm³/mol. The molecule has 4 heteroatoms. The fourth-order valence-electron chi connectivity index (χ4n) is 1.73. The zero-order chi connectivity index (χ0) is 10.2. The summed E-state index contributed by atoms with van der Waals surface area (Å²) < 4.78 is 0. The van der Waals surface area contributed by atoms with Gasteiger partial charge in [0.05, 0.1) is 5.41 Å². The summed E-state index contributed by atoms with van der Waals surface area (Å²) in [7, 11) is 0. The Morgan fingerprint density at radius 1 is 1.43 bits per heavy atom. The molecule has 0 unspecified atom stereocenters. The zero-order valence-electron chi connectivity index (χ0n) is 7.57. The van der Waals surface area contributed by atoms with Crippen LogP contribution in [0.3, 0.4) is 0 Å². The Balaban J connectivity index is 2.46. The van der Waals surface area contributed by atoms with Gasteiger partial charge in [-0.3, -0.25) is 0 Å². The molecule has 0 aliphatic heterocycles. The average Bonchev–Trinajstić information content (AvgIpc) is 2.98. The van der Waals surface area contributed by atoms with Crippen molar-refractivity contribution in [2.75, 3.05) is 0 Å². The summed E-state index contributed by atoms with van der Waals surface area (Å²) in [6.07, 6.45) is 1.79. The minimum absolute atomic E-state index is 0.255. The highest BCUT2D eigenvalue weighted by molar-refractivity contribution is 6.32. The molecule has 1 fully saturated rings. The van der Waals surface area contributed by atoms with E-state index in [4.69, 9.17) is 22.5 Å². The Morgan fingerprint density at radius 2 is 2.07 bits per heavy atom. The summed E-state index contributed by atoms with van der Waals surface area (Å²) >= 11 is 6.06. The van der Waals surface area contributed by atoms with Gasteiger partial charge in [-0.25, -0.2) is 0 Å². The van der Waals surface area contributed by atoms with Gasteiger partial charge in [0.25, 0.3) is 0 Å². The first kappa shape index (κ1) is 9.34. The van der Waals surface area contributed by atoms with E-state index < -0.39 is 0 Å². The Labute approximate surface area is 87.2 Å². The van der Waals surface area contributed by atoms with Gasteiger partial charge in [0, 0.05) is 5.02 Å². The highest BCUT2D eigenvalue weighted by Gasteiger charge is 2.49. The lowest BCUT2D eigenvalue weighted by Crippen LogP contribution is -2.29. The summed E-state index contributed by atoms with van der Waals surface area (Å²) in [5.74, 6) is 0.255. The van der Waals surface area contributed by atoms with E-state index >= 15 is 0 Å². The number of hydrogen-bond donors (Lipinski definition) is 2. The molecule has 0 amide bonds. The van der Waals surface area contributed by atoms with Crippen molar-refractivity contribution in [1.29, 1.82) is 0 Å². The van der Waals surface area contributed by atoms with Crippen LogP contribution in [0.2, 0.25) is 5.02 Å². The number of nitrogens with two attached hydrogens (primary N) is 1. The second-order valence-electron chi connectivity index (χ2n) is 3.55. The molecular formula is C10H11ClN2O. The number of rotatable bonds is 2. The summed E-state index contributed by atoms with van der Waals surface area (Å²) in [5, 5.41) is 12.4. The van der Waals surface area contributed by atoms with Gasteiger partial charge in [0.1, 0.15) is 5.84 Å². The SMILES string of the molecule is NC(=NO)C1(c2ccccc2Cl)CC1. The van der Waals surface area contributed by atoms with Crippen LogP contribution < -0.4 is 5.73 Å². The first-order valence-electron chi connectivity index (χ1n) is 4.44. The number of benzene rings is 1. The van der Waals surface area contributed by atoms with Crippen molar-refractivity contribution in [1.82, 2.24) is 0 Å². The maximum absolute atomic E-state index is 8.68. The van der Waals surface area contributed by atoms with Crippen molar-refractivity contribution < 1.29 is 5.21 Å². The number of hydrogen-bond acceptors (Lipinski definition) is 2. The second kappa shape index (κ2) is 3.17. The third kappa shape index (κ3) is 1.24. The molecular weight excluding hydrogens is 200 g/mol. The van der Waals surface area contributed by atoms with Crippen LogP contribution in [-0.2, 0) is 5.41 Å². The predicted octanol–water partition coefficient (Wildman–Crippen LogP) is 2.12. The number of halogens is 1. The van der Waals surface area contributed by atoms with Crippen LogP contribution in [-0.4, -0.2) is 11.0 Å². The number of nitrogens with zero attached hydrogens (tertiary/aromatic N) is 1. The van der Waals surface area contributed by atoms with Crippen LogP contribution in [0.4, 0.5) is 0 Å². The summed E-state index contributed by atoms with van der Waals surface area (Å²) in [6.45, 7) is 0. The average molecular weight is 211 g/mol. The third-order valence-electron chi connectivity index (χ3n) is 2.74. The van der Waals surface area contributed by atoms with Crippen molar-refractivity contribution in [2.24, 2.45) is 10.9 Å². The van der Waals surface area contributed by atoms with E-state index in [9.17, 15) is 0 Å². The first-order chi connectivity index (χ1) is 6.70.